The predicted octanol–water partition coefficient (Wildman–Crippen LogP) is 3.38. The number of benzene rings is 2. The lowest BCUT2D eigenvalue weighted by Crippen LogP contribution is -2.14. The standard InChI is InChI=1S/C14H10F2N2O3S2/c1-21-9-3-4-11-12(7-9)22-14(17-11)18-23(19,20)13-5-2-8(15)6-10(13)16/h2-7H,1H3,(H,17,18). The van der Waals surface area contributed by atoms with Crippen LogP contribution in [0.15, 0.2) is 41.3 Å². The van der Waals surface area contributed by atoms with Gasteiger partial charge in [-0.2, -0.15) is 0 Å². The number of halogens is 2. The fourth-order valence-electron chi connectivity index (χ4n) is 1.94. The Bertz CT molecular complexity index is 987. The Morgan fingerprint density at radius 2 is 1.96 bits per heavy atom. The number of fused-ring (bicyclic) bond motifs is 1. The summed E-state index contributed by atoms with van der Waals surface area (Å²) in [7, 11) is -2.68. The van der Waals surface area contributed by atoms with Crippen LogP contribution in [0.1, 0.15) is 0 Å². The molecule has 3 aromatic rings. The van der Waals surface area contributed by atoms with Crippen LogP contribution in [0, 0.1) is 11.6 Å². The number of sulfonamides is 1. The van der Waals surface area contributed by atoms with Gasteiger partial charge in [-0.3, -0.25) is 4.72 Å². The van der Waals surface area contributed by atoms with Crippen LogP contribution in [0.4, 0.5) is 13.9 Å². The second-order valence-electron chi connectivity index (χ2n) is 4.53. The molecular formula is C14H10F2N2O3S2. The van der Waals surface area contributed by atoms with Gasteiger partial charge in [-0.1, -0.05) is 11.3 Å². The second-order valence-corrected chi connectivity index (χ2v) is 7.21. The third-order valence-corrected chi connectivity index (χ3v) is 5.44. The molecule has 0 saturated heterocycles. The minimum absolute atomic E-state index is 0.0805. The van der Waals surface area contributed by atoms with E-state index in [0.29, 0.717) is 22.0 Å². The highest BCUT2D eigenvalue weighted by atomic mass is 32.2. The van der Waals surface area contributed by atoms with Crippen molar-refractivity contribution in [1.82, 2.24) is 4.98 Å². The molecule has 1 N–H and O–H groups in total. The molecule has 0 radical (unpaired) electrons. The van der Waals surface area contributed by atoms with E-state index in [-0.39, 0.29) is 5.13 Å². The summed E-state index contributed by atoms with van der Waals surface area (Å²) in [5.41, 5.74) is 0.577. The Hall–Kier alpha value is -2.26. The summed E-state index contributed by atoms with van der Waals surface area (Å²) in [6.45, 7) is 0. The van der Waals surface area contributed by atoms with Crippen molar-refractivity contribution in [2.45, 2.75) is 4.90 Å². The van der Waals surface area contributed by atoms with Crippen LogP contribution < -0.4 is 9.46 Å². The van der Waals surface area contributed by atoms with Crippen molar-refractivity contribution in [2.75, 3.05) is 11.8 Å². The minimum atomic E-state index is -4.20. The molecule has 0 unspecified atom stereocenters. The van der Waals surface area contributed by atoms with Gasteiger partial charge in [0.25, 0.3) is 10.0 Å². The van der Waals surface area contributed by atoms with Gasteiger partial charge in [-0.25, -0.2) is 22.2 Å². The number of anilines is 1. The number of rotatable bonds is 4. The summed E-state index contributed by atoms with van der Waals surface area (Å²) in [5.74, 6) is -1.41. The Morgan fingerprint density at radius 1 is 1.17 bits per heavy atom. The first-order valence-electron chi connectivity index (χ1n) is 6.31. The van der Waals surface area contributed by atoms with Crippen molar-refractivity contribution >= 4 is 36.7 Å². The summed E-state index contributed by atoms with van der Waals surface area (Å²) in [4.78, 5) is 3.48. The Morgan fingerprint density at radius 3 is 2.65 bits per heavy atom. The van der Waals surface area contributed by atoms with Gasteiger partial charge in [0.15, 0.2) is 5.13 Å². The van der Waals surface area contributed by atoms with E-state index in [2.05, 4.69) is 9.71 Å². The summed E-state index contributed by atoms with van der Waals surface area (Å²) >= 11 is 1.08. The average molecular weight is 356 g/mol. The zero-order chi connectivity index (χ0) is 16.6. The van der Waals surface area contributed by atoms with Gasteiger partial charge in [-0.15, -0.1) is 0 Å². The van der Waals surface area contributed by atoms with E-state index in [1.165, 1.54) is 7.11 Å². The Labute approximate surface area is 134 Å². The first-order chi connectivity index (χ1) is 10.9. The van der Waals surface area contributed by atoms with Gasteiger partial charge in [0.05, 0.1) is 17.3 Å². The molecule has 3 rings (SSSR count). The zero-order valence-electron chi connectivity index (χ0n) is 11.7. The number of nitrogens with zero attached hydrogens (tertiary/aromatic N) is 1. The molecule has 0 fully saturated rings. The fraction of sp³-hybridized carbons (Fsp3) is 0.0714. The molecular weight excluding hydrogens is 346 g/mol. The molecule has 0 aliphatic rings. The number of ether oxygens (including phenoxy) is 1. The third-order valence-electron chi connectivity index (χ3n) is 3.00. The lowest BCUT2D eigenvalue weighted by molar-refractivity contribution is 0.415. The van der Waals surface area contributed by atoms with Crippen LogP contribution in [-0.2, 0) is 10.0 Å². The minimum Gasteiger partial charge on any atom is -0.497 e. The molecule has 0 saturated carbocycles. The number of nitrogens with one attached hydrogen (secondary N) is 1. The van der Waals surface area contributed by atoms with Gasteiger partial charge < -0.3 is 4.74 Å². The number of hydrogen-bond acceptors (Lipinski definition) is 5. The van der Waals surface area contributed by atoms with E-state index >= 15 is 0 Å². The van der Waals surface area contributed by atoms with Crippen molar-refractivity contribution in [2.24, 2.45) is 0 Å². The average Bonchev–Trinajstić information content (AvgIpc) is 2.86. The third kappa shape index (κ3) is 3.10. The van der Waals surface area contributed by atoms with Crippen LogP contribution in [0.25, 0.3) is 10.2 Å². The molecule has 120 valence electrons. The van der Waals surface area contributed by atoms with Gasteiger partial charge in [0.1, 0.15) is 22.3 Å². The maximum absolute atomic E-state index is 13.7. The highest BCUT2D eigenvalue weighted by molar-refractivity contribution is 7.93. The maximum Gasteiger partial charge on any atom is 0.266 e. The Kier molecular flexibility index (Phi) is 3.90. The molecule has 1 aromatic heterocycles. The van der Waals surface area contributed by atoms with Crippen molar-refractivity contribution in [3.05, 3.63) is 48.0 Å². The molecule has 9 heteroatoms. The van der Waals surface area contributed by atoms with E-state index in [4.69, 9.17) is 4.74 Å². The van der Waals surface area contributed by atoms with E-state index in [1.54, 1.807) is 18.2 Å². The number of thiazole rings is 1. The summed E-state index contributed by atoms with van der Waals surface area (Å²) in [5, 5.41) is 0.0805. The molecule has 23 heavy (non-hydrogen) atoms. The highest BCUT2D eigenvalue weighted by Crippen LogP contribution is 2.30. The summed E-state index contributed by atoms with van der Waals surface area (Å²) in [6, 6.07) is 7.34. The lowest BCUT2D eigenvalue weighted by Gasteiger charge is -2.05. The van der Waals surface area contributed by atoms with Crippen LogP contribution in [0.5, 0.6) is 5.75 Å². The Balaban J connectivity index is 1.96. The normalized spacial score (nSPS) is 11.6. The molecule has 2 aromatic carbocycles. The van der Waals surface area contributed by atoms with E-state index in [1.807, 2.05) is 0 Å². The highest BCUT2D eigenvalue weighted by Gasteiger charge is 2.21. The van der Waals surface area contributed by atoms with Crippen LogP contribution in [0.2, 0.25) is 0 Å². The second kappa shape index (κ2) is 5.74. The van der Waals surface area contributed by atoms with E-state index in [9.17, 15) is 17.2 Å². The quantitative estimate of drug-likeness (QED) is 0.778. The first kappa shape index (κ1) is 15.6. The van der Waals surface area contributed by atoms with Crippen LogP contribution >= 0.6 is 11.3 Å². The van der Waals surface area contributed by atoms with Crippen molar-refractivity contribution in [1.29, 1.82) is 0 Å². The van der Waals surface area contributed by atoms with E-state index < -0.39 is 26.6 Å². The SMILES string of the molecule is COc1ccc2nc(NS(=O)(=O)c3ccc(F)cc3F)sc2c1. The summed E-state index contributed by atoms with van der Waals surface area (Å²) < 4.78 is 59.0. The van der Waals surface area contributed by atoms with Gasteiger partial charge in [0, 0.05) is 6.07 Å². The molecule has 0 atom stereocenters. The molecule has 5 nitrogen and oxygen atoms in total. The van der Waals surface area contributed by atoms with Crippen molar-refractivity contribution in [3.63, 3.8) is 0 Å². The lowest BCUT2D eigenvalue weighted by atomic mass is 10.3. The smallest absolute Gasteiger partial charge is 0.266 e. The van der Waals surface area contributed by atoms with Crippen LogP contribution in [0.3, 0.4) is 0 Å². The van der Waals surface area contributed by atoms with Crippen molar-refractivity contribution < 1.29 is 21.9 Å². The molecule has 0 aliphatic carbocycles. The monoisotopic (exact) mass is 356 g/mol. The molecule has 0 spiro atoms. The molecule has 0 aliphatic heterocycles. The molecule has 0 amide bonds. The van der Waals surface area contributed by atoms with Crippen molar-refractivity contribution in [3.8, 4) is 5.75 Å². The number of methoxy groups -OCH3 is 1. The van der Waals surface area contributed by atoms with Gasteiger partial charge >= 0.3 is 0 Å². The predicted molar refractivity (Wildman–Crippen MR) is 83.3 cm³/mol. The van der Waals surface area contributed by atoms with Gasteiger partial charge in [0.2, 0.25) is 0 Å². The topological polar surface area (TPSA) is 68.3 Å². The van der Waals surface area contributed by atoms with E-state index in [0.717, 1.165) is 23.5 Å². The largest absolute Gasteiger partial charge is 0.497 e. The zero-order valence-corrected chi connectivity index (χ0v) is 13.3. The van der Waals surface area contributed by atoms with Crippen LogP contribution in [-0.4, -0.2) is 20.5 Å². The summed E-state index contributed by atoms with van der Waals surface area (Å²) in [6.07, 6.45) is 0. The fourth-order valence-corrected chi connectivity index (χ4v) is 4.13. The van der Waals surface area contributed by atoms with Gasteiger partial charge in [-0.05, 0) is 30.3 Å². The number of hydrogen-bond donors (Lipinski definition) is 1. The molecule has 0 bridgehead atoms. The maximum atomic E-state index is 13.7. The first-order valence-corrected chi connectivity index (χ1v) is 8.61. The number of aromatic nitrogens is 1. The molecule has 1 heterocycles.